The van der Waals surface area contributed by atoms with Gasteiger partial charge in [-0.3, -0.25) is 0 Å². The zero-order chi connectivity index (χ0) is 20.6. The molecule has 0 aromatic carbocycles. The molecule has 28 heavy (non-hydrogen) atoms. The summed E-state index contributed by atoms with van der Waals surface area (Å²) in [5.74, 6) is -0.780. The van der Waals surface area contributed by atoms with E-state index in [2.05, 4.69) is 6.92 Å². The van der Waals surface area contributed by atoms with Crippen molar-refractivity contribution in [1.29, 1.82) is 0 Å². The molecule has 2 fully saturated rings. The van der Waals surface area contributed by atoms with Crippen molar-refractivity contribution in [2.45, 2.75) is 109 Å². The van der Waals surface area contributed by atoms with E-state index in [1.165, 1.54) is 18.9 Å². The maximum atomic E-state index is 10.9. The maximum Gasteiger partial charge on any atom is 0.327 e. The predicted octanol–water partition coefficient (Wildman–Crippen LogP) is 4.05. The zero-order valence-electron chi connectivity index (χ0n) is 17.4. The van der Waals surface area contributed by atoms with Crippen molar-refractivity contribution in [1.82, 2.24) is 0 Å². The van der Waals surface area contributed by atoms with Crippen LogP contribution in [0.5, 0.6) is 0 Å². The fourth-order valence-electron chi connectivity index (χ4n) is 5.37. The molecule has 5 nitrogen and oxygen atoms in total. The zero-order valence-corrected chi connectivity index (χ0v) is 17.4. The number of hydrogen-bond donors (Lipinski definition) is 4. The Bertz CT molecular complexity index is 499. The van der Waals surface area contributed by atoms with Crippen LogP contribution in [0.1, 0.15) is 90.4 Å². The maximum absolute atomic E-state index is 10.9. The highest BCUT2D eigenvalue weighted by Crippen LogP contribution is 2.50. The molecule has 0 aromatic rings. The quantitative estimate of drug-likeness (QED) is 0.278. The summed E-state index contributed by atoms with van der Waals surface area (Å²) in [5, 5.41) is 40.3. The minimum absolute atomic E-state index is 0.0579. The Morgan fingerprint density at radius 1 is 1.11 bits per heavy atom. The third-order valence-electron chi connectivity index (χ3n) is 7.30. The van der Waals surface area contributed by atoms with E-state index in [9.17, 15) is 20.1 Å². The first-order valence-electron chi connectivity index (χ1n) is 11.3. The van der Waals surface area contributed by atoms with Crippen LogP contribution in [0.25, 0.3) is 0 Å². The number of aliphatic hydroxyl groups excluding tert-OH is 3. The van der Waals surface area contributed by atoms with Crippen LogP contribution in [0.4, 0.5) is 0 Å². The lowest BCUT2D eigenvalue weighted by Gasteiger charge is -2.46. The molecule has 1 unspecified atom stereocenters. The van der Waals surface area contributed by atoms with Gasteiger partial charge in [0.25, 0.3) is 0 Å². The fourth-order valence-corrected chi connectivity index (χ4v) is 5.37. The van der Waals surface area contributed by atoms with Gasteiger partial charge in [0.2, 0.25) is 0 Å². The molecular formula is C23H40O5. The van der Waals surface area contributed by atoms with Crippen molar-refractivity contribution in [2.75, 3.05) is 0 Å². The third kappa shape index (κ3) is 6.30. The van der Waals surface area contributed by atoms with Crippen molar-refractivity contribution >= 4 is 5.97 Å². The number of carbonyl (C=O) groups is 1. The largest absolute Gasteiger partial charge is 0.478 e. The molecule has 0 radical (unpaired) electrons. The molecular weight excluding hydrogens is 356 g/mol. The van der Waals surface area contributed by atoms with E-state index in [1.807, 2.05) is 0 Å². The molecule has 0 saturated heterocycles. The summed E-state index contributed by atoms with van der Waals surface area (Å²) in [5.41, 5.74) is 0.101. The van der Waals surface area contributed by atoms with Crippen LogP contribution < -0.4 is 0 Å². The molecule has 2 aliphatic carbocycles. The van der Waals surface area contributed by atoms with Crippen molar-refractivity contribution in [3.05, 3.63) is 12.2 Å². The van der Waals surface area contributed by atoms with E-state index >= 15 is 0 Å². The highest BCUT2D eigenvalue weighted by molar-refractivity contribution is 5.79. The second-order valence-corrected chi connectivity index (χ2v) is 9.14. The van der Waals surface area contributed by atoms with Crippen LogP contribution in [0.15, 0.2) is 12.2 Å². The van der Waals surface area contributed by atoms with Gasteiger partial charge in [0, 0.05) is 6.08 Å². The van der Waals surface area contributed by atoms with Gasteiger partial charge in [-0.05, 0) is 75.0 Å². The van der Waals surface area contributed by atoms with Gasteiger partial charge in [0.1, 0.15) is 0 Å². The minimum Gasteiger partial charge on any atom is -0.478 e. The summed E-state index contributed by atoms with van der Waals surface area (Å²) < 4.78 is 0. The first-order valence-corrected chi connectivity index (χ1v) is 11.3. The highest BCUT2D eigenvalue weighted by Gasteiger charge is 2.45. The second-order valence-electron chi connectivity index (χ2n) is 9.14. The number of rotatable bonds is 13. The van der Waals surface area contributed by atoms with Crippen LogP contribution in [-0.2, 0) is 4.79 Å². The van der Waals surface area contributed by atoms with Gasteiger partial charge in [0.05, 0.1) is 18.3 Å². The van der Waals surface area contributed by atoms with Gasteiger partial charge >= 0.3 is 5.97 Å². The van der Waals surface area contributed by atoms with Crippen LogP contribution in [-0.4, -0.2) is 44.7 Å². The van der Waals surface area contributed by atoms with E-state index in [0.29, 0.717) is 6.42 Å². The van der Waals surface area contributed by atoms with E-state index in [4.69, 9.17) is 5.11 Å². The normalized spacial score (nSPS) is 30.4. The van der Waals surface area contributed by atoms with Crippen molar-refractivity contribution in [3.63, 3.8) is 0 Å². The lowest BCUT2D eigenvalue weighted by Crippen LogP contribution is -2.42. The third-order valence-corrected chi connectivity index (χ3v) is 7.30. The van der Waals surface area contributed by atoms with Gasteiger partial charge < -0.3 is 20.4 Å². The molecule has 2 saturated carbocycles. The predicted molar refractivity (Wildman–Crippen MR) is 110 cm³/mol. The van der Waals surface area contributed by atoms with Gasteiger partial charge in [-0.25, -0.2) is 4.79 Å². The summed E-state index contributed by atoms with van der Waals surface area (Å²) in [4.78, 5) is 10.5. The van der Waals surface area contributed by atoms with E-state index < -0.39 is 18.2 Å². The molecule has 0 heterocycles. The Morgan fingerprint density at radius 2 is 1.79 bits per heavy atom. The summed E-state index contributed by atoms with van der Waals surface area (Å²) in [7, 11) is 0. The number of carboxylic acids is 1. The molecule has 0 amide bonds. The molecule has 2 rings (SSSR count). The van der Waals surface area contributed by atoms with Gasteiger partial charge in [-0.2, -0.15) is 0 Å². The molecule has 0 aromatic heterocycles. The lowest BCUT2D eigenvalue weighted by atomic mass is 9.61. The first kappa shape index (κ1) is 23.4. The second kappa shape index (κ2) is 11.3. The van der Waals surface area contributed by atoms with Gasteiger partial charge in [-0.15, -0.1) is 0 Å². The Morgan fingerprint density at radius 3 is 2.36 bits per heavy atom. The standard InChI is InChI=1S/C23H40O5/c1-2-3-13-23(14-8-15-23)21(26)12-11-18-17(19(24)16-20(18)25)9-6-4-5-7-10-22(27)28/h7,10,17-21,24-26H,2-6,8-9,11-16H2,1H3,(H,27,28)/b10-7+/t17-,18-,19+,20-,21?/m1/s1. The fraction of sp³-hybridized carbons (Fsp3) is 0.870. The Kier molecular flexibility index (Phi) is 9.45. The molecule has 162 valence electrons. The van der Waals surface area contributed by atoms with E-state index in [1.54, 1.807) is 6.08 Å². The first-order chi connectivity index (χ1) is 13.4. The monoisotopic (exact) mass is 396 g/mol. The Labute approximate surface area is 169 Å². The lowest BCUT2D eigenvalue weighted by molar-refractivity contribution is -0.131. The average Bonchev–Trinajstić information content (AvgIpc) is 2.88. The molecule has 5 heteroatoms. The smallest absolute Gasteiger partial charge is 0.327 e. The topological polar surface area (TPSA) is 98.0 Å². The summed E-state index contributed by atoms with van der Waals surface area (Å²) >= 11 is 0. The summed E-state index contributed by atoms with van der Waals surface area (Å²) in [6, 6.07) is 0. The highest BCUT2D eigenvalue weighted by atomic mass is 16.4. The van der Waals surface area contributed by atoms with E-state index in [-0.39, 0.29) is 23.4 Å². The van der Waals surface area contributed by atoms with Crippen molar-refractivity contribution in [2.24, 2.45) is 17.3 Å². The summed E-state index contributed by atoms with van der Waals surface area (Å²) in [6.07, 6.45) is 13.8. The molecule has 5 atom stereocenters. The number of carboxylic acid groups (broad SMARTS) is 1. The number of aliphatic carboxylic acids is 1. The summed E-state index contributed by atoms with van der Waals surface area (Å²) in [6.45, 7) is 2.19. The molecule has 4 N–H and O–H groups in total. The Hall–Kier alpha value is -0.910. The molecule has 0 spiro atoms. The van der Waals surface area contributed by atoms with Gasteiger partial charge in [-0.1, -0.05) is 38.7 Å². The molecule has 2 aliphatic rings. The number of allylic oxidation sites excluding steroid dienone is 1. The number of hydrogen-bond acceptors (Lipinski definition) is 4. The van der Waals surface area contributed by atoms with Crippen molar-refractivity contribution in [3.8, 4) is 0 Å². The minimum atomic E-state index is -0.920. The number of unbranched alkanes of at least 4 members (excludes halogenated alkanes) is 3. The SMILES string of the molecule is CCCCC1(C(O)CC[C@@H]2[C@@H](CCCC/C=C/C(=O)O)[C@@H](O)C[C@H]2O)CCC1. The van der Waals surface area contributed by atoms with Crippen LogP contribution in [0.3, 0.4) is 0 Å². The average molecular weight is 397 g/mol. The molecule has 0 bridgehead atoms. The van der Waals surface area contributed by atoms with Crippen LogP contribution in [0, 0.1) is 17.3 Å². The Balaban J connectivity index is 1.80. The van der Waals surface area contributed by atoms with Gasteiger partial charge in [0.15, 0.2) is 0 Å². The molecule has 0 aliphatic heterocycles. The number of aliphatic hydroxyl groups is 3. The van der Waals surface area contributed by atoms with Crippen LogP contribution >= 0.6 is 0 Å². The van der Waals surface area contributed by atoms with E-state index in [0.717, 1.165) is 64.2 Å². The van der Waals surface area contributed by atoms with Crippen LogP contribution in [0.2, 0.25) is 0 Å². The van der Waals surface area contributed by atoms with Crippen molar-refractivity contribution < 1.29 is 25.2 Å².